The summed E-state index contributed by atoms with van der Waals surface area (Å²) in [6.07, 6.45) is 1.73. The van der Waals surface area contributed by atoms with Crippen molar-refractivity contribution in [1.29, 1.82) is 0 Å². The number of hydrogen-bond acceptors (Lipinski definition) is 6. The first kappa shape index (κ1) is 21.7. The van der Waals surface area contributed by atoms with Gasteiger partial charge in [0.15, 0.2) is 5.82 Å². The van der Waals surface area contributed by atoms with E-state index >= 15 is 0 Å². The van der Waals surface area contributed by atoms with Crippen LogP contribution in [-0.2, 0) is 21.3 Å². The minimum Gasteiger partial charge on any atom is -0.383 e. The largest absolute Gasteiger partial charge is 0.383 e. The van der Waals surface area contributed by atoms with Crippen LogP contribution in [0.4, 0.5) is 0 Å². The fraction of sp³-hybridized carbons (Fsp3) is 0.190. The number of carbonyl (C=O) groups excluding carboxylic acids is 1. The van der Waals surface area contributed by atoms with Crippen LogP contribution in [0.3, 0.4) is 0 Å². The fourth-order valence-electron chi connectivity index (χ4n) is 3.41. The molecule has 2 heterocycles. The zero-order valence-electron chi connectivity index (χ0n) is 17.5. The number of methoxy groups -OCH3 is 1. The number of hydrogen-bond donors (Lipinski definition) is 3. The molecule has 0 unspecified atom stereocenters. The molecule has 0 aliphatic rings. The van der Waals surface area contributed by atoms with Crippen LogP contribution in [0.25, 0.3) is 33.9 Å². The van der Waals surface area contributed by atoms with Gasteiger partial charge in [0.1, 0.15) is 11.5 Å². The van der Waals surface area contributed by atoms with Crippen LogP contribution in [0.5, 0.6) is 0 Å². The smallest absolute Gasteiger partial charge is 0.251 e. The molecule has 0 aliphatic carbocycles. The van der Waals surface area contributed by atoms with Gasteiger partial charge < -0.3 is 19.6 Å². The Hall–Kier alpha value is -3.54. The van der Waals surface area contributed by atoms with Crippen LogP contribution < -0.4 is 10.5 Å². The second-order valence-corrected chi connectivity index (χ2v) is 8.63. The Balaban J connectivity index is 1.75. The van der Waals surface area contributed by atoms with Crippen molar-refractivity contribution in [2.24, 2.45) is 5.14 Å². The maximum atomic E-state index is 12.0. The number of rotatable bonds is 7. The third-order valence-electron chi connectivity index (χ3n) is 5.02. The maximum absolute atomic E-state index is 12.0. The van der Waals surface area contributed by atoms with E-state index in [4.69, 9.17) is 14.9 Å². The Labute approximate surface area is 184 Å². The average molecular weight is 455 g/mol. The molecule has 0 bridgehead atoms. The Kier molecular flexibility index (Phi) is 5.78. The zero-order valence-corrected chi connectivity index (χ0v) is 18.3. The van der Waals surface area contributed by atoms with E-state index < -0.39 is 10.0 Å². The number of imidazole rings is 2. The fourth-order valence-corrected chi connectivity index (χ4v) is 3.92. The van der Waals surface area contributed by atoms with Crippen LogP contribution in [0.1, 0.15) is 10.4 Å². The molecule has 0 saturated heterocycles. The van der Waals surface area contributed by atoms with Crippen molar-refractivity contribution in [3.63, 3.8) is 0 Å². The van der Waals surface area contributed by atoms with E-state index in [0.29, 0.717) is 47.1 Å². The van der Waals surface area contributed by atoms with E-state index in [9.17, 15) is 13.2 Å². The minimum atomic E-state index is -3.76. The van der Waals surface area contributed by atoms with Crippen LogP contribution in [0.15, 0.2) is 53.6 Å². The first-order valence-electron chi connectivity index (χ1n) is 9.72. The number of fused-ring (bicyclic) bond motifs is 1. The summed E-state index contributed by atoms with van der Waals surface area (Å²) in [5, 5.41) is 7.77. The van der Waals surface area contributed by atoms with Crippen molar-refractivity contribution in [2.75, 3.05) is 20.8 Å². The van der Waals surface area contributed by atoms with Gasteiger partial charge in [0.05, 0.1) is 22.5 Å². The predicted octanol–water partition coefficient (Wildman–Crippen LogP) is 1.75. The van der Waals surface area contributed by atoms with Gasteiger partial charge in [-0.3, -0.25) is 4.79 Å². The van der Waals surface area contributed by atoms with E-state index in [1.807, 2.05) is 10.6 Å². The molecule has 0 aliphatic heterocycles. The second kappa shape index (κ2) is 8.54. The van der Waals surface area contributed by atoms with Gasteiger partial charge in [-0.25, -0.2) is 23.5 Å². The molecule has 4 rings (SSSR count). The second-order valence-electron chi connectivity index (χ2n) is 7.07. The molecule has 2 aromatic carbocycles. The van der Waals surface area contributed by atoms with Crippen molar-refractivity contribution >= 4 is 27.0 Å². The highest BCUT2D eigenvalue weighted by Crippen LogP contribution is 2.27. The standard InChI is InChI=1S/C21H22N6O4S/c1-23-21(28)14-5-8-18-16(11-14)26-20(27(18)9-10-31-2)17-12-24-19(25-17)13-3-6-15(7-4-13)32(22,29)30/h3-8,11-12H,9-10H2,1-2H3,(H,23,28)(H,24,25)(H2,22,29,30). The number of ether oxygens (including phenoxy) is 1. The number of nitrogens with one attached hydrogen (secondary N) is 2. The quantitative estimate of drug-likeness (QED) is 0.388. The van der Waals surface area contributed by atoms with Crippen molar-refractivity contribution in [3.8, 4) is 22.9 Å². The number of H-pyrrole nitrogens is 1. The molecule has 0 radical (unpaired) electrons. The molecule has 32 heavy (non-hydrogen) atoms. The summed E-state index contributed by atoms with van der Waals surface area (Å²) in [6.45, 7) is 1.02. The number of nitrogens with zero attached hydrogens (tertiary/aromatic N) is 3. The van der Waals surface area contributed by atoms with E-state index in [0.717, 1.165) is 5.52 Å². The lowest BCUT2D eigenvalue weighted by Gasteiger charge is -2.07. The molecule has 0 fully saturated rings. The Morgan fingerprint density at radius 1 is 1.19 bits per heavy atom. The number of aromatic nitrogens is 4. The Morgan fingerprint density at radius 2 is 1.94 bits per heavy atom. The molecule has 0 atom stereocenters. The average Bonchev–Trinajstić information content (AvgIpc) is 3.41. The highest BCUT2D eigenvalue weighted by atomic mass is 32.2. The topological polar surface area (TPSA) is 145 Å². The first-order valence-corrected chi connectivity index (χ1v) is 11.3. The van der Waals surface area contributed by atoms with Crippen LogP contribution in [-0.4, -0.2) is 54.6 Å². The highest BCUT2D eigenvalue weighted by Gasteiger charge is 2.17. The Morgan fingerprint density at radius 3 is 2.59 bits per heavy atom. The molecule has 11 heteroatoms. The number of sulfonamides is 1. The number of aromatic amines is 1. The van der Waals surface area contributed by atoms with Gasteiger partial charge in [-0.1, -0.05) is 0 Å². The first-order chi connectivity index (χ1) is 15.3. The van der Waals surface area contributed by atoms with E-state index in [-0.39, 0.29) is 10.8 Å². The zero-order chi connectivity index (χ0) is 22.9. The number of amides is 1. The van der Waals surface area contributed by atoms with Crippen molar-refractivity contribution in [2.45, 2.75) is 11.4 Å². The molecule has 0 spiro atoms. The SMILES string of the molecule is CNC(=O)c1ccc2c(c1)nc(-c1c[nH]c(-c3ccc(S(N)(=O)=O)cc3)n1)n2CCOC. The van der Waals surface area contributed by atoms with E-state index in [1.54, 1.807) is 44.6 Å². The molecule has 4 N–H and O–H groups in total. The van der Waals surface area contributed by atoms with Gasteiger partial charge in [-0.05, 0) is 42.5 Å². The predicted molar refractivity (Wildman–Crippen MR) is 119 cm³/mol. The molecule has 4 aromatic rings. The van der Waals surface area contributed by atoms with E-state index in [1.165, 1.54) is 12.1 Å². The summed E-state index contributed by atoms with van der Waals surface area (Å²) >= 11 is 0. The van der Waals surface area contributed by atoms with Crippen LogP contribution in [0.2, 0.25) is 0 Å². The maximum Gasteiger partial charge on any atom is 0.251 e. The monoisotopic (exact) mass is 454 g/mol. The molecule has 1 amide bonds. The molecular formula is C21H22N6O4S. The molecule has 2 aromatic heterocycles. The van der Waals surface area contributed by atoms with E-state index in [2.05, 4.69) is 15.3 Å². The Bertz CT molecular complexity index is 1390. The molecule has 0 saturated carbocycles. The number of primary sulfonamides is 1. The third kappa shape index (κ3) is 4.13. The minimum absolute atomic E-state index is 0.0290. The van der Waals surface area contributed by atoms with Gasteiger partial charge in [0, 0.05) is 38.0 Å². The summed E-state index contributed by atoms with van der Waals surface area (Å²) in [5.41, 5.74) is 3.33. The molecule has 10 nitrogen and oxygen atoms in total. The normalized spacial score (nSPS) is 11.7. The number of carbonyl (C=O) groups is 1. The number of nitrogens with two attached hydrogens (primary N) is 1. The van der Waals surface area contributed by atoms with Crippen molar-refractivity contribution in [1.82, 2.24) is 24.8 Å². The highest BCUT2D eigenvalue weighted by molar-refractivity contribution is 7.89. The van der Waals surface area contributed by atoms with Crippen LogP contribution in [0, 0.1) is 0 Å². The van der Waals surface area contributed by atoms with Crippen molar-refractivity contribution in [3.05, 3.63) is 54.2 Å². The van der Waals surface area contributed by atoms with Crippen molar-refractivity contribution < 1.29 is 17.9 Å². The number of benzene rings is 2. The summed E-state index contributed by atoms with van der Waals surface area (Å²) in [5.74, 6) is 0.983. The third-order valence-corrected chi connectivity index (χ3v) is 5.95. The van der Waals surface area contributed by atoms with Gasteiger partial charge in [-0.2, -0.15) is 0 Å². The van der Waals surface area contributed by atoms with Gasteiger partial charge in [0.25, 0.3) is 5.91 Å². The lowest BCUT2D eigenvalue weighted by atomic mass is 10.2. The van der Waals surface area contributed by atoms with Gasteiger partial charge in [-0.15, -0.1) is 0 Å². The summed E-state index contributed by atoms with van der Waals surface area (Å²) in [7, 11) is -0.560. The molecule has 166 valence electrons. The summed E-state index contributed by atoms with van der Waals surface area (Å²) in [6, 6.07) is 11.5. The lowest BCUT2D eigenvalue weighted by molar-refractivity contribution is 0.0963. The van der Waals surface area contributed by atoms with Gasteiger partial charge >= 0.3 is 0 Å². The lowest BCUT2D eigenvalue weighted by Crippen LogP contribution is -2.17. The summed E-state index contributed by atoms with van der Waals surface area (Å²) in [4.78, 5) is 24.5. The summed E-state index contributed by atoms with van der Waals surface area (Å²) < 4.78 is 30.2. The van der Waals surface area contributed by atoms with Crippen LogP contribution >= 0.6 is 0 Å². The van der Waals surface area contributed by atoms with Gasteiger partial charge in [0.2, 0.25) is 10.0 Å². The molecular weight excluding hydrogens is 432 g/mol.